The monoisotopic (exact) mass is 788 g/mol. The molecular formula is C54H77NO3. The minimum absolute atomic E-state index is 0.0129. The molecule has 4 heteroatoms. The Labute approximate surface area is 359 Å². The molecule has 0 heterocycles. The van der Waals surface area contributed by atoms with Crippen molar-refractivity contribution >= 4 is 11.7 Å². The average Bonchev–Trinajstić information content (AvgIpc) is 3.01. The van der Waals surface area contributed by atoms with E-state index in [0.29, 0.717) is 47.5 Å². The molecule has 1 N–H and O–H groups in total. The number of hydrogen-bond donors (Lipinski definition) is 1. The summed E-state index contributed by atoms with van der Waals surface area (Å²) in [7, 11) is 0. The van der Waals surface area contributed by atoms with Crippen molar-refractivity contribution in [3.8, 4) is 107 Å². The first-order valence-electron chi connectivity index (χ1n) is 20.1. The normalized spacial score (nSPS) is 10.0. The molecule has 1 amide bonds. The predicted octanol–water partition coefficient (Wildman–Crippen LogP) is 10.9. The highest BCUT2D eigenvalue weighted by molar-refractivity contribution is 5.85. The van der Waals surface area contributed by atoms with Gasteiger partial charge < -0.3 is 10.1 Å². The van der Waals surface area contributed by atoms with Crippen molar-refractivity contribution in [1.82, 2.24) is 5.32 Å². The first kappa shape index (κ1) is 59.8. The lowest BCUT2D eigenvalue weighted by molar-refractivity contribution is -0.126. The Bertz CT molecular complexity index is 1750. The highest BCUT2D eigenvalue weighted by Crippen LogP contribution is 2.32. The van der Waals surface area contributed by atoms with E-state index in [1.165, 1.54) is 6.42 Å². The number of ketones is 1. The number of hydrogen-bond acceptors (Lipinski definition) is 3. The number of ether oxygens (including phenoxy) is 1. The Kier molecular flexibility index (Phi) is 33.1. The van der Waals surface area contributed by atoms with E-state index >= 15 is 0 Å². The molecule has 0 saturated heterocycles. The fraction of sp³-hybridized carbons (Fsp3) is 0.630. The van der Waals surface area contributed by atoms with Crippen LogP contribution in [0.15, 0.2) is 0 Å². The Morgan fingerprint density at radius 2 is 0.810 bits per heavy atom. The summed E-state index contributed by atoms with van der Waals surface area (Å²) in [6.45, 7) is 43.7. The van der Waals surface area contributed by atoms with E-state index < -0.39 is 0 Å². The maximum Gasteiger partial charge on any atom is 0.220 e. The van der Waals surface area contributed by atoms with Crippen LogP contribution in [0.5, 0.6) is 0 Å². The molecule has 0 radical (unpaired) electrons. The summed E-state index contributed by atoms with van der Waals surface area (Å²) in [5.41, 5.74) is 1.88. The van der Waals surface area contributed by atoms with Crippen molar-refractivity contribution in [3.63, 3.8) is 0 Å². The highest BCUT2D eigenvalue weighted by Gasteiger charge is 2.20. The van der Waals surface area contributed by atoms with Gasteiger partial charge in [0.1, 0.15) is 5.78 Å². The molecule has 0 fully saturated rings. The van der Waals surface area contributed by atoms with Crippen LogP contribution in [0.3, 0.4) is 0 Å². The average molecular weight is 788 g/mol. The van der Waals surface area contributed by atoms with Gasteiger partial charge in [-0.15, -0.1) is 6.42 Å². The Morgan fingerprint density at radius 1 is 0.466 bits per heavy atom. The lowest BCUT2D eigenvalue weighted by Gasteiger charge is -2.28. The zero-order valence-electron chi connectivity index (χ0n) is 40.2. The van der Waals surface area contributed by atoms with Crippen molar-refractivity contribution in [3.05, 3.63) is 0 Å². The molecule has 0 aromatic carbocycles. The van der Waals surface area contributed by atoms with Crippen LogP contribution in [-0.4, -0.2) is 31.4 Å². The molecule has 4 nitrogen and oxygen atoms in total. The second-order valence-corrected chi connectivity index (χ2v) is 20.9. The van der Waals surface area contributed by atoms with Crippen LogP contribution >= 0.6 is 0 Å². The summed E-state index contributed by atoms with van der Waals surface area (Å²) < 4.78 is 5.59. The van der Waals surface area contributed by atoms with Gasteiger partial charge in [0.25, 0.3) is 0 Å². The summed E-state index contributed by atoms with van der Waals surface area (Å²) in [5.74, 6) is 42.1. The van der Waals surface area contributed by atoms with E-state index in [0.717, 1.165) is 26.1 Å². The zero-order chi connectivity index (χ0) is 46.0. The number of rotatable bonds is 9. The van der Waals surface area contributed by atoms with Crippen LogP contribution in [0.25, 0.3) is 0 Å². The molecule has 0 aliphatic carbocycles. The quantitative estimate of drug-likeness (QED) is 0.187. The summed E-state index contributed by atoms with van der Waals surface area (Å²) in [5, 5.41) is 2.85. The fourth-order valence-electron chi connectivity index (χ4n) is 4.34. The van der Waals surface area contributed by atoms with Crippen molar-refractivity contribution in [2.45, 2.75) is 170 Å². The lowest BCUT2D eigenvalue weighted by atomic mass is 9.78. The van der Waals surface area contributed by atoms with Crippen molar-refractivity contribution in [1.29, 1.82) is 0 Å². The van der Waals surface area contributed by atoms with Crippen LogP contribution in [0, 0.1) is 140 Å². The molecule has 0 spiro atoms. The molecule has 58 heavy (non-hydrogen) atoms. The van der Waals surface area contributed by atoms with Crippen LogP contribution in [0.4, 0.5) is 0 Å². The van der Waals surface area contributed by atoms with Gasteiger partial charge in [0, 0.05) is 39.0 Å². The summed E-state index contributed by atoms with van der Waals surface area (Å²) >= 11 is 0. The molecule has 0 aromatic heterocycles. The van der Waals surface area contributed by atoms with E-state index in [1.54, 1.807) is 6.92 Å². The molecule has 0 atom stereocenters. The maximum atomic E-state index is 11.6. The first-order chi connectivity index (χ1) is 26.3. The van der Waals surface area contributed by atoms with E-state index in [4.69, 9.17) is 11.2 Å². The standard InChI is InChI=1S/C19H4.C14H27NO2.C12H26O.C9H20/c1-3-5-7-9-11-13-15-17-19-18-16-14-12-10-8-6-4-2;1-13(2,3)9-11(16)7-8-12(17)15-10-14(4,5)6;1-11(2,3)7-9-13-10-8-12(4,5)6;1-8(2,3)7-9(4,5)6/h1H,2H3;7-10H2,1-6H3,(H,15,17);7-10H2,1-6H3;7H2,1-6H3. The highest BCUT2D eigenvalue weighted by atomic mass is 16.5. The number of amides is 1. The van der Waals surface area contributed by atoms with Gasteiger partial charge in [-0.25, -0.2) is 0 Å². The summed E-state index contributed by atoms with van der Waals surface area (Å²) in [6, 6.07) is 0. The smallest absolute Gasteiger partial charge is 0.220 e. The van der Waals surface area contributed by atoms with E-state index in [1.807, 2.05) is 20.8 Å². The minimum Gasteiger partial charge on any atom is -0.381 e. The fourth-order valence-corrected chi connectivity index (χ4v) is 4.34. The number of carbonyl (C=O) groups is 2. The SMILES string of the molecule is C#CC#CC#CC#CC#CC#CC#CC#CC#CC.CC(C)(C)CC(C)(C)C.CC(C)(C)CCOCCC(C)(C)C.CC(C)(C)CNC(=O)CCC(=O)CC(C)(C)C. The molecule has 0 unspecified atom stereocenters. The number of carbonyl (C=O) groups excluding carboxylic acids is 2. The van der Waals surface area contributed by atoms with Gasteiger partial charge in [-0.05, 0) is 153 Å². The number of nitrogens with one attached hydrogen (secondary N) is 1. The Morgan fingerprint density at radius 3 is 1.07 bits per heavy atom. The first-order valence-corrected chi connectivity index (χ1v) is 20.1. The molecule has 0 aliphatic heterocycles. The van der Waals surface area contributed by atoms with Crippen LogP contribution in [-0.2, 0) is 14.3 Å². The van der Waals surface area contributed by atoms with Crippen molar-refractivity contribution < 1.29 is 14.3 Å². The third-order valence-corrected chi connectivity index (χ3v) is 6.30. The molecule has 0 aliphatic rings. The molecule has 0 bridgehead atoms. The van der Waals surface area contributed by atoms with Crippen LogP contribution in [0.2, 0.25) is 0 Å². The Hall–Kier alpha value is -4.86. The van der Waals surface area contributed by atoms with E-state index in [9.17, 15) is 9.59 Å². The van der Waals surface area contributed by atoms with Gasteiger partial charge in [0.2, 0.25) is 5.91 Å². The zero-order valence-corrected chi connectivity index (χ0v) is 40.2. The topological polar surface area (TPSA) is 55.4 Å². The second-order valence-electron chi connectivity index (χ2n) is 20.9. The minimum atomic E-state index is -0.0258. The maximum absolute atomic E-state index is 11.6. The number of terminal acetylenes is 1. The second kappa shape index (κ2) is 32.1. The summed E-state index contributed by atoms with van der Waals surface area (Å²) in [4.78, 5) is 23.1. The van der Waals surface area contributed by atoms with Gasteiger partial charge in [0.15, 0.2) is 0 Å². The summed E-state index contributed by atoms with van der Waals surface area (Å²) in [6.07, 6.45) is 9.69. The van der Waals surface area contributed by atoms with Gasteiger partial charge in [-0.3, -0.25) is 9.59 Å². The Balaban J connectivity index is -0.000000346. The van der Waals surface area contributed by atoms with Crippen LogP contribution in [0.1, 0.15) is 170 Å². The molecule has 0 saturated carbocycles. The van der Waals surface area contributed by atoms with Gasteiger partial charge >= 0.3 is 0 Å². The molecule has 316 valence electrons. The van der Waals surface area contributed by atoms with Crippen molar-refractivity contribution in [2.24, 2.45) is 32.5 Å². The predicted molar refractivity (Wildman–Crippen MR) is 250 cm³/mol. The largest absolute Gasteiger partial charge is 0.381 e. The number of Topliss-reactive ketones (excluding diaryl/α,β-unsaturated/α-hetero) is 1. The van der Waals surface area contributed by atoms with Crippen LogP contribution < -0.4 is 5.32 Å². The van der Waals surface area contributed by atoms with E-state index in [2.05, 4.69) is 210 Å². The lowest BCUT2D eigenvalue weighted by Crippen LogP contribution is -2.32. The molecule has 0 aromatic rings. The van der Waals surface area contributed by atoms with Gasteiger partial charge in [0.05, 0.1) is 0 Å². The molecular weight excluding hydrogens is 711 g/mol. The van der Waals surface area contributed by atoms with Gasteiger partial charge in [-0.1, -0.05) is 131 Å². The van der Waals surface area contributed by atoms with Crippen molar-refractivity contribution in [2.75, 3.05) is 19.8 Å². The third-order valence-electron chi connectivity index (χ3n) is 6.30. The third kappa shape index (κ3) is 69.1. The van der Waals surface area contributed by atoms with Gasteiger partial charge in [-0.2, -0.15) is 0 Å². The van der Waals surface area contributed by atoms with E-state index in [-0.39, 0.29) is 22.5 Å². The molecule has 0 rings (SSSR count).